The van der Waals surface area contributed by atoms with E-state index < -0.39 is 23.4 Å². The summed E-state index contributed by atoms with van der Waals surface area (Å²) in [6.45, 7) is -0.557. The number of ether oxygens (including phenoxy) is 3. The van der Waals surface area contributed by atoms with Crippen LogP contribution >= 0.6 is 0 Å². The number of nitro groups is 1. The van der Waals surface area contributed by atoms with E-state index in [4.69, 9.17) is 14.2 Å². The average Bonchev–Trinajstić information content (AvgIpc) is 2.66. The molecule has 0 fully saturated rings. The quantitative estimate of drug-likeness (QED) is 0.428. The molecule has 1 N–H and O–H groups in total. The van der Waals surface area contributed by atoms with E-state index in [-0.39, 0.29) is 17.8 Å². The van der Waals surface area contributed by atoms with Crippen LogP contribution in [0.15, 0.2) is 42.5 Å². The number of nitrogens with zero attached hydrogens (tertiary/aromatic N) is 1. The molecule has 0 atom stereocenters. The molecule has 0 saturated carbocycles. The summed E-state index contributed by atoms with van der Waals surface area (Å²) >= 11 is 0. The SMILES string of the molecule is COc1ccc(CC(=O)OCC(=O)Nc2ccccc2[N+](=O)[O-])cc1OC. The Balaban J connectivity index is 1.90. The molecule has 0 bridgehead atoms. The second kappa shape index (κ2) is 9.18. The monoisotopic (exact) mass is 374 g/mol. The van der Waals surface area contributed by atoms with Crippen molar-refractivity contribution in [2.75, 3.05) is 26.1 Å². The summed E-state index contributed by atoms with van der Waals surface area (Å²) in [6, 6.07) is 10.6. The Morgan fingerprint density at radius 1 is 1.07 bits per heavy atom. The summed E-state index contributed by atoms with van der Waals surface area (Å²) in [5, 5.41) is 13.3. The van der Waals surface area contributed by atoms with Gasteiger partial charge in [0.1, 0.15) is 5.69 Å². The molecule has 2 aromatic rings. The number of methoxy groups -OCH3 is 2. The van der Waals surface area contributed by atoms with Gasteiger partial charge in [-0.05, 0) is 23.8 Å². The van der Waals surface area contributed by atoms with Crippen molar-refractivity contribution in [3.8, 4) is 11.5 Å². The van der Waals surface area contributed by atoms with E-state index >= 15 is 0 Å². The van der Waals surface area contributed by atoms with Crippen molar-refractivity contribution < 1.29 is 28.7 Å². The lowest BCUT2D eigenvalue weighted by Crippen LogP contribution is -2.22. The molecule has 9 nitrogen and oxygen atoms in total. The molecule has 0 aliphatic rings. The van der Waals surface area contributed by atoms with Gasteiger partial charge < -0.3 is 19.5 Å². The van der Waals surface area contributed by atoms with Crippen LogP contribution in [0, 0.1) is 10.1 Å². The van der Waals surface area contributed by atoms with Crippen LogP contribution in [0.5, 0.6) is 11.5 Å². The molecule has 0 unspecified atom stereocenters. The van der Waals surface area contributed by atoms with Crippen molar-refractivity contribution in [2.24, 2.45) is 0 Å². The van der Waals surface area contributed by atoms with Gasteiger partial charge in [-0.3, -0.25) is 19.7 Å². The molecule has 9 heteroatoms. The van der Waals surface area contributed by atoms with Crippen LogP contribution in [0.1, 0.15) is 5.56 Å². The number of hydrogen-bond acceptors (Lipinski definition) is 7. The van der Waals surface area contributed by atoms with Crippen molar-refractivity contribution in [2.45, 2.75) is 6.42 Å². The summed E-state index contributed by atoms with van der Waals surface area (Å²) in [5.41, 5.74) is 0.405. The van der Waals surface area contributed by atoms with Crippen LogP contribution in [0.25, 0.3) is 0 Å². The fraction of sp³-hybridized carbons (Fsp3) is 0.222. The number of para-hydroxylation sites is 2. The predicted molar refractivity (Wildman–Crippen MR) is 95.9 cm³/mol. The van der Waals surface area contributed by atoms with Gasteiger partial charge in [0.15, 0.2) is 18.1 Å². The van der Waals surface area contributed by atoms with E-state index in [1.807, 2.05) is 0 Å². The lowest BCUT2D eigenvalue weighted by molar-refractivity contribution is -0.383. The average molecular weight is 374 g/mol. The molecular formula is C18H18N2O7. The third-order valence-electron chi connectivity index (χ3n) is 3.54. The zero-order chi connectivity index (χ0) is 19.8. The number of carbonyl (C=O) groups excluding carboxylic acids is 2. The van der Waals surface area contributed by atoms with Gasteiger partial charge in [-0.15, -0.1) is 0 Å². The molecule has 0 aliphatic carbocycles. The van der Waals surface area contributed by atoms with E-state index in [1.54, 1.807) is 24.3 Å². The van der Waals surface area contributed by atoms with Crippen LogP contribution in [0.4, 0.5) is 11.4 Å². The third-order valence-corrected chi connectivity index (χ3v) is 3.54. The number of hydrogen-bond donors (Lipinski definition) is 1. The summed E-state index contributed by atoms with van der Waals surface area (Å²) in [5.74, 6) is -0.305. The molecule has 0 spiro atoms. The Bertz CT molecular complexity index is 851. The smallest absolute Gasteiger partial charge is 0.310 e. The Hall–Kier alpha value is -3.62. The second-order valence-corrected chi connectivity index (χ2v) is 5.35. The van der Waals surface area contributed by atoms with Gasteiger partial charge in [-0.25, -0.2) is 0 Å². The van der Waals surface area contributed by atoms with Gasteiger partial charge in [-0.2, -0.15) is 0 Å². The summed E-state index contributed by atoms with van der Waals surface area (Å²) in [7, 11) is 2.98. The number of anilines is 1. The number of carbonyl (C=O) groups is 2. The van der Waals surface area contributed by atoms with E-state index in [0.29, 0.717) is 17.1 Å². The fourth-order valence-corrected chi connectivity index (χ4v) is 2.28. The first-order valence-electron chi connectivity index (χ1n) is 7.84. The fourth-order valence-electron chi connectivity index (χ4n) is 2.28. The minimum absolute atomic E-state index is 0.0310. The molecule has 0 radical (unpaired) electrons. The van der Waals surface area contributed by atoms with Gasteiger partial charge >= 0.3 is 5.97 Å². The topological polar surface area (TPSA) is 117 Å². The number of rotatable bonds is 8. The molecule has 0 heterocycles. The Morgan fingerprint density at radius 2 is 1.78 bits per heavy atom. The van der Waals surface area contributed by atoms with Crippen LogP contribution in [0.2, 0.25) is 0 Å². The molecule has 0 aromatic heterocycles. The predicted octanol–water partition coefficient (Wildman–Crippen LogP) is 2.34. The van der Waals surface area contributed by atoms with Crippen molar-refractivity contribution >= 4 is 23.3 Å². The highest BCUT2D eigenvalue weighted by molar-refractivity contribution is 5.94. The maximum absolute atomic E-state index is 11.9. The Morgan fingerprint density at radius 3 is 2.44 bits per heavy atom. The Kier molecular flexibility index (Phi) is 6.70. The van der Waals surface area contributed by atoms with Crippen molar-refractivity contribution in [1.82, 2.24) is 0 Å². The van der Waals surface area contributed by atoms with Crippen LogP contribution in [0.3, 0.4) is 0 Å². The van der Waals surface area contributed by atoms with Crippen LogP contribution in [-0.2, 0) is 20.7 Å². The van der Waals surface area contributed by atoms with E-state index in [1.165, 1.54) is 32.4 Å². The van der Waals surface area contributed by atoms with Crippen LogP contribution < -0.4 is 14.8 Å². The second-order valence-electron chi connectivity index (χ2n) is 5.35. The lowest BCUT2D eigenvalue weighted by Gasteiger charge is -2.10. The first kappa shape index (κ1) is 19.7. The Labute approximate surface area is 155 Å². The zero-order valence-corrected chi connectivity index (χ0v) is 14.8. The van der Waals surface area contributed by atoms with Crippen molar-refractivity contribution in [1.29, 1.82) is 0 Å². The van der Waals surface area contributed by atoms with Gasteiger partial charge in [0.25, 0.3) is 11.6 Å². The van der Waals surface area contributed by atoms with Crippen molar-refractivity contribution in [3.63, 3.8) is 0 Å². The molecule has 0 aliphatic heterocycles. The molecule has 142 valence electrons. The number of nitro benzene ring substituents is 1. The minimum atomic E-state index is -0.676. The van der Waals surface area contributed by atoms with E-state index in [2.05, 4.69) is 5.32 Å². The van der Waals surface area contributed by atoms with Crippen molar-refractivity contribution in [3.05, 3.63) is 58.1 Å². The lowest BCUT2D eigenvalue weighted by atomic mass is 10.1. The highest BCUT2D eigenvalue weighted by Gasteiger charge is 2.16. The van der Waals surface area contributed by atoms with E-state index in [9.17, 15) is 19.7 Å². The highest BCUT2D eigenvalue weighted by atomic mass is 16.6. The van der Waals surface area contributed by atoms with Gasteiger partial charge in [0, 0.05) is 6.07 Å². The molecule has 0 saturated heterocycles. The van der Waals surface area contributed by atoms with Gasteiger partial charge in [0.2, 0.25) is 0 Å². The number of amides is 1. The summed E-state index contributed by atoms with van der Waals surface area (Å²) in [6.07, 6.45) is -0.0703. The third kappa shape index (κ3) is 5.43. The summed E-state index contributed by atoms with van der Waals surface area (Å²) in [4.78, 5) is 34.1. The van der Waals surface area contributed by atoms with E-state index in [0.717, 1.165) is 0 Å². The molecular weight excluding hydrogens is 356 g/mol. The molecule has 2 aromatic carbocycles. The molecule has 1 amide bonds. The number of nitrogens with one attached hydrogen (secondary N) is 1. The molecule has 27 heavy (non-hydrogen) atoms. The van der Waals surface area contributed by atoms with Gasteiger partial charge in [-0.1, -0.05) is 18.2 Å². The first-order chi connectivity index (χ1) is 12.9. The maximum Gasteiger partial charge on any atom is 0.310 e. The number of esters is 1. The largest absolute Gasteiger partial charge is 0.493 e. The first-order valence-corrected chi connectivity index (χ1v) is 7.84. The standard InChI is InChI=1S/C18H18N2O7/c1-25-15-8-7-12(9-16(15)26-2)10-18(22)27-11-17(21)19-13-5-3-4-6-14(13)20(23)24/h3-9H,10-11H2,1-2H3,(H,19,21). The number of benzene rings is 2. The minimum Gasteiger partial charge on any atom is -0.493 e. The van der Waals surface area contributed by atoms with Crippen LogP contribution in [-0.4, -0.2) is 37.6 Å². The highest BCUT2D eigenvalue weighted by Crippen LogP contribution is 2.27. The zero-order valence-electron chi connectivity index (χ0n) is 14.8. The normalized spacial score (nSPS) is 10.0. The maximum atomic E-state index is 11.9. The molecule has 2 rings (SSSR count). The summed E-state index contributed by atoms with van der Waals surface area (Å²) < 4.78 is 15.2. The van der Waals surface area contributed by atoms with Gasteiger partial charge in [0.05, 0.1) is 25.6 Å².